The van der Waals surface area contributed by atoms with Crippen LogP contribution in [0.15, 0.2) is 0 Å². The van der Waals surface area contributed by atoms with Crippen LogP contribution in [0, 0.1) is 11.3 Å². The van der Waals surface area contributed by atoms with Gasteiger partial charge in [0.1, 0.15) is 0 Å². The van der Waals surface area contributed by atoms with Crippen molar-refractivity contribution in [2.45, 2.75) is 47.5 Å². The van der Waals surface area contributed by atoms with Crippen LogP contribution in [-0.4, -0.2) is 13.2 Å². The first-order valence-corrected chi connectivity index (χ1v) is 5.24. The zero-order chi connectivity index (χ0) is 9.61. The van der Waals surface area contributed by atoms with Crippen LogP contribution < -0.4 is 0 Å². The molecular weight excluding hydrogens is 148 g/mol. The van der Waals surface area contributed by atoms with Gasteiger partial charge in [0.15, 0.2) is 0 Å². The minimum atomic E-state index is 0.523. The van der Waals surface area contributed by atoms with Crippen LogP contribution in [0.3, 0.4) is 0 Å². The highest BCUT2D eigenvalue weighted by molar-refractivity contribution is 4.87. The maximum absolute atomic E-state index is 5.39. The van der Waals surface area contributed by atoms with Gasteiger partial charge in [-0.1, -0.05) is 27.7 Å². The Balaban J connectivity index is 0.000000561. The van der Waals surface area contributed by atoms with Gasteiger partial charge in [-0.3, -0.25) is 0 Å². The second kappa shape index (κ2) is 5.58. The molecule has 1 fully saturated rings. The molecule has 12 heavy (non-hydrogen) atoms. The molecule has 0 saturated heterocycles. The molecule has 1 aliphatic rings. The van der Waals surface area contributed by atoms with Crippen molar-refractivity contribution >= 4 is 0 Å². The molecule has 0 atom stereocenters. The van der Waals surface area contributed by atoms with Crippen molar-refractivity contribution in [1.82, 2.24) is 0 Å². The summed E-state index contributed by atoms with van der Waals surface area (Å²) in [6, 6.07) is 0. The van der Waals surface area contributed by atoms with Gasteiger partial charge in [0.2, 0.25) is 0 Å². The first kappa shape index (κ1) is 12.0. The number of ether oxygens (including phenoxy) is 1. The van der Waals surface area contributed by atoms with E-state index >= 15 is 0 Å². The molecule has 1 heteroatoms. The summed E-state index contributed by atoms with van der Waals surface area (Å²) in [6.45, 7) is 12.5. The molecule has 0 unspecified atom stereocenters. The van der Waals surface area contributed by atoms with Crippen LogP contribution in [0.2, 0.25) is 0 Å². The summed E-state index contributed by atoms with van der Waals surface area (Å²) in [6.07, 6.45) is 2.71. The lowest BCUT2D eigenvalue weighted by Crippen LogP contribution is -2.37. The third-order valence-electron chi connectivity index (χ3n) is 2.34. The van der Waals surface area contributed by atoms with E-state index in [-0.39, 0.29) is 0 Å². The molecular formula is C11H24O. The SMILES string of the molecule is CC.CCOCC1(C)CC(C)C1. The van der Waals surface area contributed by atoms with Crippen LogP contribution >= 0.6 is 0 Å². The van der Waals surface area contributed by atoms with Crippen LogP contribution in [0.25, 0.3) is 0 Å². The molecule has 74 valence electrons. The van der Waals surface area contributed by atoms with Crippen molar-refractivity contribution in [3.8, 4) is 0 Å². The van der Waals surface area contributed by atoms with Crippen molar-refractivity contribution in [3.05, 3.63) is 0 Å². The van der Waals surface area contributed by atoms with Gasteiger partial charge in [-0.2, -0.15) is 0 Å². The van der Waals surface area contributed by atoms with E-state index in [4.69, 9.17) is 4.74 Å². The van der Waals surface area contributed by atoms with E-state index in [1.165, 1.54) is 12.8 Å². The van der Waals surface area contributed by atoms with Crippen molar-refractivity contribution in [1.29, 1.82) is 0 Å². The predicted molar refractivity (Wildman–Crippen MR) is 54.3 cm³/mol. The van der Waals surface area contributed by atoms with Gasteiger partial charge < -0.3 is 4.74 Å². The topological polar surface area (TPSA) is 9.23 Å². The summed E-state index contributed by atoms with van der Waals surface area (Å²) in [5.41, 5.74) is 0.523. The molecule has 0 radical (unpaired) electrons. The Morgan fingerprint density at radius 2 is 1.83 bits per heavy atom. The quantitative estimate of drug-likeness (QED) is 0.633. The van der Waals surface area contributed by atoms with E-state index in [0.717, 1.165) is 19.1 Å². The maximum atomic E-state index is 5.39. The Kier molecular flexibility index (Phi) is 5.56. The predicted octanol–water partition coefficient (Wildman–Crippen LogP) is 3.49. The van der Waals surface area contributed by atoms with E-state index in [1.807, 2.05) is 13.8 Å². The summed E-state index contributed by atoms with van der Waals surface area (Å²) in [5.74, 6) is 0.936. The highest BCUT2D eigenvalue weighted by Crippen LogP contribution is 2.44. The minimum Gasteiger partial charge on any atom is -0.381 e. The highest BCUT2D eigenvalue weighted by Gasteiger charge is 2.37. The largest absolute Gasteiger partial charge is 0.381 e. The second-order valence-electron chi connectivity index (χ2n) is 3.96. The van der Waals surface area contributed by atoms with Gasteiger partial charge in [-0.05, 0) is 31.1 Å². The molecule has 1 aliphatic carbocycles. The molecule has 1 nitrogen and oxygen atoms in total. The normalized spacial score (nSPS) is 33.2. The molecule has 1 rings (SSSR count). The molecule has 0 spiro atoms. The molecule has 0 aromatic carbocycles. The zero-order valence-electron chi connectivity index (χ0n) is 9.31. The summed E-state index contributed by atoms with van der Waals surface area (Å²) in [4.78, 5) is 0. The first-order chi connectivity index (χ1) is 5.66. The Bertz CT molecular complexity index is 104. The molecule has 0 aromatic heterocycles. The van der Waals surface area contributed by atoms with Crippen molar-refractivity contribution < 1.29 is 4.74 Å². The van der Waals surface area contributed by atoms with Gasteiger partial charge in [-0.25, -0.2) is 0 Å². The van der Waals surface area contributed by atoms with E-state index in [2.05, 4.69) is 20.8 Å². The summed E-state index contributed by atoms with van der Waals surface area (Å²) in [7, 11) is 0. The van der Waals surface area contributed by atoms with Crippen LogP contribution in [0.1, 0.15) is 47.5 Å². The molecule has 0 aromatic rings. The maximum Gasteiger partial charge on any atom is 0.0519 e. The monoisotopic (exact) mass is 172 g/mol. The van der Waals surface area contributed by atoms with Gasteiger partial charge in [0.25, 0.3) is 0 Å². The summed E-state index contributed by atoms with van der Waals surface area (Å²) in [5, 5.41) is 0. The van der Waals surface area contributed by atoms with Crippen LogP contribution in [-0.2, 0) is 4.74 Å². The third kappa shape index (κ3) is 3.57. The van der Waals surface area contributed by atoms with Crippen molar-refractivity contribution in [2.75, 3.05) is 13.2 Å². The van der Waals surface area contributed by atoms with Gasteiger partial charge in [0.05, 0.1) is 6.61 Å². The van der Waals surface area contributed by atoms with Crippen molar-refractivity contribution in [3.63, 3.8) is 0 Å². The summed E-state index contributed by atoms with van der Waals surface area (Å²) < 4.78 is 5.39. The lowest BCUT2D eigenvalue weighted by molar-refractivity contribution is -0.0179. The van der Waals surface area contributed by atoms with E-state index in [1.54, 1.807) is 0 Å². The van der Waals surface area contributed by atoms with Gasteiger partial charge in [0, 0.05) is 6.61 Å². The Hall–Kier alpha value is -0.0400. The third-order valence-corrected chi connectivity index (χ3v) is 2.34. The number of hydrogen-bond donors (Lipinski definition) is 0. The average molecular weight is 172 g/mol. The lowest BCUT2D eigenvalue weighted by Gasteiger charge is -2.43. The van der Waals surface area contributed by atoms with E-state index < -0.39 is 0 Å². The Morgan fingerprint density at radius 3 is 2.17 bits per heavy atom. The van der Waals surface area contributed by atoms with Gasteiger partial charge in [-0.15, -0.1) is 0 Å². The lowest BCUT2D eigenvalue weighted by atomic mass is 9.64. The fourth-order valence-corrected chi connectivity index (χ4v) is 2.09. The van der Waals surface area contributed by atoms with Gasteiger partial charge >= 0.3 is 0 Å². The molecule has 1 saturated carbocycles. The molecule has 0 bridgehead atoms. The van der Waals surface area contributed by atoms with E-state index in [0.29, 0.717) is 5.41 Å². The molecule has 0 heterocycles. The first-order valence-electron chi connectivity index (χ1n) is 5.24. The average Bonchev–Trinajstić information content (AvgIpc) is 2.02. The molecule has 0 N–H and O–H groups in total. The smallest absolute Gasteiger partial charge is 0.0519 e. The van der Waals surface area contributed by atoms with Crippen LogP contribution in [0.5, 0.6) is 0 Å². The Labute approximate surface area is 77.5 Å². The highest BCUT2D eigenvalue weighted by atomic mass is 16.5. The zero-order valence-corrected chi connectivity index (χ0v) is 9.31. The van der Waals surface area contributed by atoms with Crippen LogP contribution in [0.4, 0.5) is 0 Å². The number of hydrogen-bond acceptors (Lipinski definition) is 1. The summed E-state index contributed by atoms with van der Waals surface area (Å²) >= 11 is 0. The minimum absolute atomic E-state index is 0.523. The fraction of sp³-hybridized carbons (Fsp3) is 1.00. The molecule has 0 aliphatic heterocycles. The molecule has 0 amide bonds. The number of rotatable bonds is 3. The van der Waals surface area contributed by atoms with E-state index in [9.17, 15) is 0 Å². The fourth-order valence-electron chi connectivity index (χ4n) is 2.09. The standard InChI is InChI=1S/C9H18O.C2H6/c1-4-10-7-9(3)5-8(2)6-9;1-2/h8H,4-7H2,1-3H3;1-2H3. The Morgan fingerprint density at radius 1 is 1.33 bits per heavy atom. The van der Waals surface area contributed by atoms with Crippen molar-refractivity contribution in [2.24, 2.45) is 11.3 Å². The second-order valence-corrected chi connectivity index (χ2v) is 3.96.